The molecule has 1 spiro atoms. The second-order valence-corrected chi connectivity index (χ2v) is 13.3. The molecule has 0 bridgehead atoms. The van der Waals surface area contributed by atoms with Crippen molar-refractivity contribution in [2.24, 2.45) is 0 Å². The Hall–Kier alpha value is -6.72. The fourth-order valence-corrected chi connectivity index (χ4v) is 8.45. The first-order valence-electron chi connectivity index (χ1n) is 17.3. The van der Waals surface area contributed by atoms with Crippen molar-refractivity contribution in [2.75, 3.05) is 0 Å². The van der Waals surface area contributed by atoms with Crippen molar-refractivity contribution in [1.29, 1.82) is 0 Å². The molecule has 3 heterocycles. The van der Waals surface area contributed by atoms with Crippen LogP contribution in [0.5, 0.6) is 11.5 Å². The lowest BCUT2D eigenvalue weighted by Crippen LogP contribution is -2.32. The van der Waals surface area contributed by atoms with Crippen LogP contribution in [0, 0.1) is 0 Å². The minimum atomic E-state index is -0.549. The van der Waals surface area contributed by atoms with Gasteiger partial charge in [0.25, 0.3) is 0 Å². The van der Waals surface area contributed by atoms with Gasteiger partial charge in [0.1, 0.15) is 22.7 Å². The quantitative estimate of drug-likeness (QED) is 0.189. The monoisotopic (exact) mass is 655 g/mol. The van der Waals surface area contributed by atoms with Crippen molar-refractivity contribution < 1.29 is 9.15 Å². The van der Waals surface area contributed by atoms with E-state index < -0.39 is 5.41 Å². The predicted molar refractivity (Wildman–Crippen MR) is 201 cm³/mol. The second kappa shape index (κ2) is 10.6. The van der Waals surface area contributed by atoms with Gasteiger partial charge in [-0.25, -0.2) is 9.67 Å². The third-order valence-corrected chi connectivity index (χ3v) is 10.6. The van der Waals surface area contributed by atoms with E-state index in [0.29, 0.717) is 12.4 Å². The Kier molecular flexibility index (Phi) is 5.87. The Morgan fingerprint density at radius 1 is 0.529 bits per heavy atom. The molecule has 0 saturated carbocycles. The van der Waals surface area contributed by atoms with Crippen LogP contribution in [0.2, 0.25) is 0 Å². The SMILES string of the molecule is c1ccc(-c2nc(-c3ccccc3)n(Cc3cccc4c3oc3cc5c(cc34)Oc3ccccc3C53c4ccccc4-c4ccccc43)n2)cc1. The van der Waals surface area contributed by atoms with Gasteiger partial charge in [0.05, 0.1) is 12.0 Å². The van der Waals surface area contributed by atoms with Gasteiger partial charge in [-0.05, 0) is 40.5 Å². The lowest BCUT2D eigenvalue weighted by atomic mass is 9.66. The third-order valence-electron chi connectivity index (χ3n) is 10.6. The van der Waals surface area contributed by atoms with E-state index >= 15 is 0 Å². The van der Waals surface area contributed by atoms with E-state index in [-0.39, 0.29) is 0 Å². The molecule has 9 aromatic rings. The summed E-state index contributed by atoms with van der Waals surface area (Å²) in [5.74, 6) is 3.22. The van der Waals surface area contributed by atoms with Crippen LogP contribution in [0.4, 0.5) is 0 Å². The van der Waals surface area contributed by atoms with Crippen LogP contribution in [0.15, 0.2) is 168 Å². The molecule has 0 fully saturated rings. The highest BCUT2D eigenvalue weighted by atomic mass is 16.5. The topological polar surface area (TPSA) is 53.1 Å². The molecule has 1 aliphatic carbocycles. The molecule has 240 valence electrons. The lowest BCUT2D eigenvalue weighted by Gasteiger charge is -2.39. The number of hydrogen-bond acceptors (Lipinski definition) is 4. The van der Waals surface area contributed by atoms with E-state index in [1.54, 1.807) is 0 Å². The van der Waals surface area contributed by atoms with Crippen molar-refractivity contribution in [3.63, 3.8) is 0 Å². The van der Waals surface area contributed by atoms with Gasteiger partial charge in [-0.2, -0.15) is 5.10 Å². The standard InChI is InChI=1S/C46H29N3O2/c1-3-14-29(15-4-1)44-47-45(30-16-5-2-6-17-30)49(48-44)28-31-18-13-21-34-35-26-42-39(27-41(35)51-43(31)34)46(38-24-11-12-25-40(38)50-42)36-22-9-7-19-32(36)33-20-8-10-23-37(33)46/h1-27H,28H2. The van der Waals surface area contributed by atoms with Gasteiger partial charge in [-0.1, -0.05) is 146 Å². The fourth-order valence-electron chi connectivity index (χ4n) is 8.45. The maximum atomic E-state index is 6.91. The molecule has 1 aliphatic heterocycles. The molecule has 2 aromatic heterocycles. The van der Waals surface area contributed by atoms with E-state index in [1.165, 1.54) is 22.3 Å². The summed E-state index contributed by atoms with van der Waals surface area (Å²) in [6.45, 7) is 0.494. The summed E-state index contributed by atoms with van der Waals surface area (Å²) in [6.07, 6.45) is 0. The van der Waals surface area contributed by atoms with Crippen LogP contribution in [-0.4, -0.2) is 14.8 Å². The van der Waals surface area contributed by atoms with Gasteiger partial charge in [0, 0.05) is 38.6 Å². The van der Waals surface area contributed by atoms with Crippen molar-refractivity contribution >= 4 is 21.9 Å². The summed E-state index contributed by atoms with van der Waals surface area (Å²) in [7, 11) is 0. The molecule has 0 saturated heterocycles. The van der Waals surface area contributed by atoms with E-state index in [2.05, 4.69) is 115 Å². The molecule has 5 heteroatoms. The largest absolute Gasteiger partial charge is 0.457 e. The number of furan rings is 1. The summed E-state index contributed by atoms with van der Waals surface area (Å²) in [6, 6.07) is 57.2. The first-order chi connectivity index (χ1) is 25.3. The molecule has 2 aliphatic rings. The Morgan fingerprint density at radius 2 is 1.18 bits per heavy atom. The van der Waals surface area contributed by atoms with E-state index in [0.717, 1.165) is 67.1 Å². The zero-order valence-corrected chi connectivity index (χ0v) is 27.5. The molecule has 11 rings (SSSR count). The summed E-state index contributed by atoms with van der Waals surface area (Å²) in [5, 5.41) is 7.09. The smallest absolute Gasteiger partial charge is 0.181 e. The predicted octanol–water partition coefficient (Wildman–Crippen LogP) is 11.0. The van der Waals surface area contributed by atoms with Gasteiger partial charge >= 0.3 is 0 Å². The van der Waals surface area contributed by atoms with Crippen molar-refractivity contribution in [3.05, 3.63) is 192 Å². The zero-order chi connectivity index (χ0) is 33.5. The van der Waals surface area contributed by atoms with Crippen molar-refractivity contribution in [3.8, 4) is 45.4 Å². The van der Waals surface area contributed by atoms with Crippen molar-refractivity contribution in [1.82, 2.24) is 14.8 Å². The second-order valence-electron chi connectivity index (χ2n) is 13.3. The van der Waals surface area contributed by atoms with E-state index in [9.17, 15) is 0 Å². The van der Waals surface area contributed by atoms with Crippen molar-refractivity contribution in [2.45, 2.75) is 12.0 Å². The molecular formula is C46H29N3O2. The van der Waals surface area contributed by atoms with Gasteiger partial charge in [-0.3, -0.25) is 0 Å². The molecule has 51 heavy (non-hydrogen) atoms. The summed E-state index contributed by atoms with van der Waals surface area (Å²) < 4.78 is 15.7. The Labute approximate surface area is 294 Å². The van der Waals surface area contributed by atoms with Gasteiger partial charge in [0.15, 0.2) is 11.6 Å². The van der Waals surface area contributed by atoms with Crippen LogP contribution in [-0.2, 0) is 12.0 Å². The Balaban J connectivity index is 1.12. The summed E-state index contributed by atoms with van der Waals surface area (Å²) in [5.41, 5.74) is 11.4. The first kappa shape index (κ1) is 28.2. The highest BCUT2D eigenvalue weighted by Crippen LogP contribution is 2.62. The molecule has 0 radical (unpaired) electrons. The van der Waals surface area contributed by atoms with Crippen LogP contribution in [0.1, 0.15) is 27.8 Å². The van der Waals surface area contributed by atoms with Crippen LogP contribution < -0.4 is 4.74 Å². The molecule has 0 atom stereocenters. The van der Waals surface area contributed by atoms with Gasteiger partial charge in [0.2, 0.25) is 0 Å². The van der Waals surface area contributed by atoms with Crippen LogP contribution in [0.25, 0.3) is 55.8 Å². The molecule has 0 unspecified atom stereocenters. The van der Waals surface area contributed by atoms with Gasteiger partial charge < -0.3 is 9.15 Å². The summed E-state index contributed by atoms with van der Waals surface area (Å²) in [4.78, 5) is 5.02. The highest BCUT2D eigenvalue weighted by Gasteiger charge is 2.51. The minimum Gasteiger partial charge on any atom is -0.457 e. The number of hydrogen-bond donors (Lipinski definition) is 0. The molecule has 0 N–H and O–H groups in total. The minimum absolute atomic E-state index is 0.494. The van der Waals surface area contributed by atoms with E-state index in [1.807, 2.05) is 53.2 Å². The number of rotatable bonds is 4. The maximum absolute atomic E-state index is 6.91. The average Bonchev–Trinajstić information content (AvgIpc) is 3.87. The molecule has 7 aromatic carbocycles. The number of aromatic nitrogens is 3. The van der Waals surface area contributed by atoms with Gasteiger partial charge in [-0.15, -0.1) is 0 Å². The highest BCUT2D eigenvalue weighted by molar-refractivity contribution is 6.07. The van der Waals surface area contributed by atoms with Crippen LogP contribution >= 0.6 is 0 Å². The average molecular weight is 656 g/mol. The van der Waals surface area contributed by atoms with Crippen LogP contribution in [0.3, 0.4) is 0 Å². The zero-order valence-electron chi connectivity index (χ0n) is 27.5. The Morgan fingerprint density at radius 3 is 1.92 bits per heavy atom. The third kappa shape index (κ3) is 3.97. The first-order valence-corrected chi connectivity index (χ1v) is 17.3. The maximum Gasteiger partial charge on any atom is 0.181 e. The molecule has 5 nitrogen and oxygen atoms in total. The lowest BCUT2D eigenvalue weighted by molar-refractivity contribution is 0.437. The molecule has 0 amide bonds. The number of ether oxygens (including phenoxy) is 1. The molecular weight excluding hydrogens is 627 g/mol. The number of benzene rings is 7. The number of para-hydroxylation sites is 2. The summed E-state index contributed by atoms with van der Waals surface area (Å²) >= 11 is 0. The number of fused-ring (bicyclic) bond motifs is 12. The van der Waals surface area contributed by atoms with E-state index in [4.69, 9.17) is 19.2 Å². The fraction of sp³-hybridized carbons (Fsp3) is 0.0435. The normalized spacial score (nSPS) is 13.5. The Bertz CT molecular complexity index is 2770. The number of nitrogens with zero attached hydrogens (tertiary/aromatic N) is 3.